The summed E-state index contributed by atoms with van der Waals surface area (Å²) in [5, 5.41) is 0. The summed E-state index contributed by atoms with van der Waals surface area (Å²) in [5.41, 5.74) is 0. The minimum absolute atomic E-state index is 0.0910. The molecule has 1 aromatic rings. The molecule has 24 heavy (non-hydrogen) atoms. The topological polar surface area (TPSA) is 36.0 Å². The van der Waals surface area contributed by atoms with E-state index >= 15 is 0 Å². The molecule has 2 fully saturated rings. The number of piperidine rings is 1. The number of piperazine rings is 1. The van der Waals surface area contributed by atoms with E-state index in [0.29, 0.717) is 6.04 Å². The quantitative estimate of drug-likeness (QED) is 0.823. The van der Waals surface area contributed by atoms with Crippen molar-refractivity contribution in [1.82, 2.24) is 14.7 Å². The lowest BCUT2D eigenvalue weighted by Gasteiger charge is -2.40. The molecule has 0 radical (unpaired) electrons. The minimum atomic E-state index is 0.0910. The molecular formula is C19H29N3O2. The summed E-state index contributed by atoms with van der Waals surface area (Å²) in [6.45, 7) is 6.07. The Balaban J connectivity index is 1.39. The Labute approximate surface area is 145 Å². The van der Waals surface area contributed by atoms with Gasteiger partial charge in [0.1, 0.15) is 5.75 Å². The maximum Gasteiger partial charge on any atom is 0.260 e. The van der Waals surface area contributed by atoms with Crippen molar-refractivity contribution in [3.8, 4) is 5.75 Å². The molecule has 5 nitrogen and oxygen atoms in total. The van der Waals surface area contributed by atoms with Crippen molar-refractivity contribution in [2.75, 3.05) is 52.9 Å². The van der Waals surface area contributed by atoms with E-state index in [-0.39, 0.29) is 12.5 Å². The fraction of sp³-hybridized carbons (Fsp3) is 0.632. The Morgan fingerprint density at radius 3 is 2.54 bits per heavy atom. The van der Waals surface area contributed by atoms with Gasteiger partial charge >= 0.3 is 0 Å². The predicted molar refractivity (Wildman–Crippen MR) is 95.2 cm³/mol. The molecule has 2 saturated heterocycles. The second-order valence-corrected chi connectivity index (χ2v) is 6.91. The largest absolute Gasteiger partial charge is 0.484 e. The number of nitrogens with zero attached hydrogens (tertiary/aromatic N) is 3. The van der Waals surface area contributed by atoms with Crippen molar-refractivity contribution in [2.45, 2.75) is 25.3 Å². The molecule has 5 heteroatoms. The number of likely N-dealkylation sites (N-methyl/N-ethyl adjacent to an activating group) is 1. The molecule has 0 aromatic heterocycles. The van der Waals surface area contributed by atoms with Gasteiger partial charge in [0.25, 0.3) is 5.91 Å². The Bertz CT molecular complexity index is 515. The van der Waals surface area contributed by atoms with Crippen LogP contribution in [0.4, 0.5) is 0 Å². The third-order valence-corrected chi connectivity index (χ3v) is 5.22. The summed E-state index contributed by atoms with van der Waals surface area (Å²) in [6, 6.07) is 10.2. The van der Waals surface area contributed by atoms with E-state index in [1.807, 2.05) is 35.2 Å². The van der Waals surface area contributed by atoms with E-state index in [0.717, 1.165) is 38.5 Å². The summed E-state index contributed by atoms with van der Waals surface area (Å²) in [7, 11) is 2.24. The molecule has 0 aliphatic carbocycles. The molecule has 1 aromatic carbocycles. The summed E-state index contributed by atoms with van der Waals surface area (Å²) in [4.78, 5) is 19.2. The molecule has 3 rings (SSSR count). The maximum atomic E-state index is 12.3. The molecule has 2 aliphatic heterocycles. The number of likely N-dealkylation sites (tertiary alicyclic amines) is 1. The van der Waals surface area contributed by atoms with Crippen LogP contribution >= 0.6 is 0 Å². The molecular weight excluding hydrogens is 302 g/mol. The molecule has 2 aliphatic rings. The van der Waals surface area contributed by atoms with Gasteiger partial charge in [0.2, 0.25) is 0 Å². The highest BCUT2D eigenvalue weighted by Gasteiger charge is 2.25. The highest BCUT2D eigenvalue weighted by atomic mass is 16.5. The molecule has 1 atom stereocenters. The molecule has 0 bridgehead atoms. The zero-order chi connectivity index (χ0) is 16.8. The molecule has 132 valence electrons. The number of para-hydroxylation sites is 1. The first kappa shape index (κ1) is 17.2. The molecule has 0 saturated carbocycles. The minimum Gasteiger partial charge on any atom is -0.484 e. The average Bonchev–Trinajstić information content (AvgIpc) is 2.63. The number of ether oxygens (including phenoxy) is 1. The van der Waals surface area contributed by atoms with Gasteiger partial charge in [-0.3, -0.25) is 9.69 Å². The van der Waals surface area contributed by atoms with Crippen molar-refractivity contribution in [1.29, 1.82) is 0 Å². The van der Waals surface area contributed by atoms with Crippen molar-refractivity contribution in [2.24, 2.45) is 0 Å². The van der Waals surface area contributed by atoms with Crippen LogP contribution in [0.25, 0.3) is 0 Å². The molecule has 1 amide bonds. The van der Waals surface area contributed by atoms with E-state index < -0.39 is 0 Å². The van der Waals surface area contributed by atoms with Crippen LogP contribution in [-0.4, -0.2) is 79.6 Å². The second-order valence-electron chi connectivity index (χ2n) is 6.91. The van der Waals surface area contributed by atoms with E-state index in [1.165, 1.54) is 25.8 Å². The van der Waals surface area contributed by atoms with Gasteiger partial charge in [-0.15, -0.1) is 0 Å². The van der Waals surface area contributed by atoms with Crippen LogP contribution in [0.3, 0.4) is 0 Å². The highest BCUT2D eigenvalue weighted by molar-refractivity contribution is 5.77. The number of carbonyl (C=O) groups is 1. The zero-order valence-electron chi connectivity index (χ0n) is 14.7. The van der Waals surface area contributed by atoms with Crippen LogP contribution in [0.2, 0.25) is 0 Å². The van der Waals surface area contributed by atoms with E-state index in [9.17, 15) is 4.79 Å². The number of rotatable bonds is 5. The van der Waals surface area contributed by atoms with Gasteiger partial charge in [0.05, 0.1) is 0 Å². The molecule has 0 unspecified atom stereocenters. The first-order valence-corrected chi connectivity index (χ1v) is 9.10. The van der Waals surface area contributed by atoms with Gasteiger partial charge < -0.3 is 14.5 Å². The SMILES string of the molecule is CN1CCCC[C@H]1CN1CCN(C(=O)COc2ccccc2)CC1. The van der Waals surface area contributed by atoms with Crippen molar-refractivity contribution >= 4 is 5.91 Å². The van der Waals surface area contributed by atoms with Crippen molar-refractivity contribution in [3.05, 3.63) is 30.3 Å². The first-order chi connectivity index (χ1) is 11.7. The molecule has 0 N–H and O–H groups in total. The summed E-state index contributed by atoms with van der Waals surface area (Å²) >= 11 is 0. The van der Waals surface area contributed by atoms with Gasteiger partial charge in [0.15, 0.2) is 6.61 Å². The fourth-order valence-electron chi connectivity index (χ4n) is 3.61. The van der Waals surface area contributed by atoms with Gasteiger partial charge in [-0.1, -0.05) is 24.6 Å². The first-order valence-electron chi connectivity index (χ1n) is 9.10. The normalized spacial score (nSPS) is 23.2. The lowest BCUT2D eigenvalue weighted by molar-refractivity contribution is -0.135. The lowest BCUT2D eigenvalue weighted by Crippen LogP contribution is -2.53. The van der Waals surface area contributed by atoms with Gasteiger partial charge in [-0.05, 0) is 38.6 Å². The number of carbonyl (C=O) groups excluding carboxylic acids is 1. The van der Waals surface area contributed by atoms with Crippen LogP contribution in [-0.2, 0) is 4.79 Å². The van der Waals surface area contributed by atoms with Crippen LogP contribution in [0.1, 0.15) is 19.3 Å². The summed E-state index contributed by atoms with van der Waals surface area (Å²) in [5.74, 6) is 0.845. The Morgan fingerprint density at radius 2 is 1.83 bits per heavy atom. The molecule has 2 heterocycles. The van der Waals surface area contributed by atoms with E-state index in [1.54, 1.807) is 0 Å². The lowest BCUT2D eigenvalue weighted by atomic mass is 10.0. The highest BCUT2D eigenvalue weighted by Crippen LogP contribution is 2.17. The predicted octanol–water partition coefficient (Wildman–Crippen LogP) is 1.69. The van der Waals surface area contributed by atoms with Crippen LogP contribution in [0.15, 0.2) is 30.3 Å². The van der Waals surface area contributed by atoms with Crippen LogP contribution in [0.5, 0.6) is 5.75 Å². The Kier molecular flexibility index (Phi) is 6.10. The third-order valence-electron chi connectivity index (χ3n) is 5.22. The number of benzene rings is 1. The standard InChI is InChI=1S/C19H29N3O2/c1-20-10-6-5-7-17(20)15-21-11-13-22(14-12-21)19(23)16-24-18-8-3-2-4-9-18/h2-4,8-9,17H,5-7,10-16H2,1H3/t17-/m0/s1. The second kappa shape index (κ2) is 8.49. The van der Waals surface area contributed by atoms with Crippen LogP contribution in [0, 0.1) is 0 Å². The molecule has 0 spiro atoms. The Morgan fingerprint density at radius 1 is 1.08 bits per heavy atom. The van der Waals surface area contributed by atoms with E-state index in [4.69, 9.17) is 4.74 Å². The monoisotopic (exact) mass is 331 g/mol. The van der Waals surface area contributed by atoms with Crippen molar-refractivity contribution in [3.63, 3.8) is 0 Å². The fourth-order valence-corrected chi connectivity index (χ4v) is 3.61. The number of hydrogen-bond donors (Lipinski definition) is 0. The number of hydrogen-bond acceptors (Lipinski definition) is 4. The Hall–Kier alpha value is -1.59. The summed E-state index contributed by atoms with van der Waals surface area (Å²) in [6.07, 6.45) is 3.99. The van der Waals surface area contributed by atoms with Crippen molar-refractivity contribution < 1.29 is 9.53 Å². The average molecular weight is 331 g/mol. The van der Waals surface area contributed by atoms with Gasteiger partial charge in [0, 0.05) is 38.8 Å². The zero-order valence-corrected chi connectivity index (χ0v) is 14.7. The van der Waals surface area contributed by atoms with E-state index in [2.05, 4.69) is 16.8 Å². The maximum absolute atomic E-state index is 12.3. The summed E-state index contributed by atoms with van der Waals surface area (Å²) < 4.78 is 5.57. The number of amides is 1. The van der Waals surface area contributed by atoms with Gasteiger partial charge in [-0.2, -0.15) is 0 Å². The third kappa shape index (κ3) is 4.71. The smallest absolute Gasteiger partial charge is 0.260 e. The van der Waals surface area contributed by atoms with Crippen LogP contribution < -0.4 is 4.74 Å². The van der Waals surface area contributed by atoms with Gasteiger partial charge in [-0.25, -0.2) is 0 Å².